The first-order valence-electron chi connectivity index (χ1n) is 14.0. The van der Waals surface area contributed by atoms with E-state index < -0.39 is 12.0 Å². The molecule has 4 atom stereocenters. The number of rotatable bonds is 22. The van der Waals surface area contributed by atoms with Crippen molar-refractivity contribution in [2.24, 2.45) is 11.8 Å². The van der Waals surface area contributed by atoms with Crippen molar-refractivity contribution >= 4 is 18.3 Å². The first-order valence-corrected chi connectivity index (χ1v) is 14.0. The Kier molecular flexibility index (Phi) is 17.0. The van der Waals surface area contributed by atoms with Crippen molar-refractivity contribution in [3.8, 4) is 12.3 Å². The Morgan fingerprint density at radius 3 is 2.34 bits per heavy atom. The fraction of sp³-hybridized carbons (Fsp3) is 0.828. The van der Waals surface area contributed by atoms with Crippen LogP contribution in [0.4, 0.5) is 0 Å². The van der Waals surface area contributed by atoms with Gasteiger partial charge in [-0.15, -0.1) is 12.3 Å². The lowest BCUT2D eigenvalue weighted by Crippen LogP contribution is -2.48. The molecule has 1 heterocycles. The van der Waals surface area contributed by atoms with Crippen molar-refractivity contribution in [3.05, 3.63) is 0 Å². The third-order valence-corrected chi connectivity index (χ3v) is 6.77. The third kappa shape index (κ3) is 13.6. The van der Waals surface area contributed by atoms with E-state index >= 15 is 0 Å². The summed E-state index contributed by atoms with van der Waals surface area (Å²) in [7, 11) is 0. The summed E-state index contributed by atoms with van der Waals surface area (Å²) in [6.07, 6.45) is 21.2. The van der Waals surface area contributed by atoms with Crippen molar-refractivity contribution in [3.63, 3.8) is 0 Å². The largest absolute Gasteiger partial charge is 0.461 e. The predicted octanol–water partition coefficient (Wildman–Crippen LogP) is 6.11. The minimum atomic E-state index is -0.646. The maximum Gasteiger partial charge on any atom is 0.328 e. The normalized spacial score (nSPS) is 18.8. The first kappa shape index (κ1) is 31.0. The molecule has 0 aromatic heterocycles. The molecule has 35 heavy (non-hydrogen) atoms. The van der Waals surface area contributed by atoms with Gasteiger partial charge in [0.1, 0.15) is 18.2 Å². The molecule has 1 N–H and O–H groups in total. The number of amides is 1. The Labute approximate surface area is 213 Å². The van der Waals surface area contributed by atoms with Crippen molar-refractivity contribution < 1.29 is 23.9 Å². The second-order valence-corrected chi connectivity index (χ2v) is 10.4. The molecule has 1 saturated heterocycles. The van der Waals surface area contributed by atoms with Gasteiger partial charge in [-0.05, 0) is 38.0 Å². The number of terminal acetylenes is 1. The van der Waals surface area contributed by atoms with Crippen LogP contribution in [-0.4, -0.2) is 36.6 Å². The Hall–Kier alpha value is -2.03. The molecule has 0 radical (unpaired) electrons. The predicted molar refractivity (Wildman–Crippen MR) is 139 cm³/mol. The molecule has 1 aliphatic heterocycles. The van der Waals surface area contributed by atoms with E-state index in [2.05, 4.69) is 18.2 Å². The van der Waals surface area contributed by atoms with Gasteiger partial charge >= 0.3 is 11.9 Å². The average molecular weight is 492 g/mol. The van der Waals surface area contributed by atoms with E-state index in [1.165, 1.54) is 25.7 Å². The van der Waals surface area contributed by atoms with Crippen LogP contribution in [0.2, 0.25) is 0 Å². The molecule has 1 rings (SSSR count). The van der Waals surface area contributed by atoms with Crippen molar-refractivity contribution in [2.75, 3.05) is 0 Å². The molecular formula is C29H49NO5. The maximum atomic E-state index is 12.9. The number of hydrogen-bond acceptors (Lipinski definition) is 5. The number of carbonyl (C=O) groups excluding carboxylic acids is 3. The fourth-order valence-corrected chi connectivity index (χ4v) is 4.70. The summed E-state index contributed by atoms with van der Waals surface area (Å²) in [5, 5.41) is 2.61. The number of esters is 2. The summed E-state index contributed by atoms with van der Waals surface area (Å²) in [5.74, 6) is 2.33. The van der Waals surface area contributed by atoms with Crippen molar-refractivity contribution in [2.45, 2.75) is 142 Å². The molecule has 200 valence electrons. The van der Waals surface area contributed by atoms with E-state index in [9.17, 15) is 14.4 Å². The lowest BCUT2D eigenvalue weighted by Gasteiger charge is -2.37. The minimum Gasteiger partial charge on any atom is -0.461 e. The topological polar surface area (TPSA) is 81.7 Å². The van der Waals surface area contributed by atoms with Crippen LogP contribution < -0.4 is 5.32 Å². The molecule has 0 spiro atoms. The van der Waals surface area contributed by atoms with Gasteiger partial charge in [0.15, 0.2) is 0 Å². The van der Waals surface area contributed by atoms with Crippen molar-refractivity contribution in [1.29, 1.82) is 0 Å². The molecule has 6 heteroatoms. The number of nitrogens with one attached hydrogen (secondary N) is 1. The van der Waals surface area contributed by atoms with Gasteiger partial charge in [0, 0.05) is 12.8 Å². The second-order valence-electron chi connectivity index (χ2n) is 10.4. The second kappa shape index (κ2) is 19.2. The average Bonchev–Trinajstić information content (AvgIpc) is 2.81. The summed E-state index contributed by atoms with van der Waals surface area (Å²) < 4.78 is 11.4. The van der Waals surface area contributed by atoms with Crippen LogP contribution in [0.15, 0.2) is 0 Å². The third-order valence-electron chi connectivity index (χ3n) is 6.77. The van der Waals surface area contributed by atoms with E-state index in [-0.39, 0.29) is 30.0 Å². The van der Waals surface area contributed by atoms with Crippen LogP contribution in [-0.2, 0) is 23.9 Å². The van der Waals surface area contributed by atoms with Gasteiger partial charge in [-0.25, -0.2) is 4.79 Å². The molecule has 0 aliphatic carbocycles. The lowest BCUT2D eigenvalue weighted by atomic mass is 9.86. The summed E-state index contributed by atoms with van der Waals surface area (Å²) in [4.78, 5) is 35.9. The standard InChI is InChI=1S/C29H49NO5/c1-5-7-9-11-12-13-14-15-16-18-24(34-29(33)26(30-22-31)20-23(3)4)21-27-25(28(32)35-27)19-17-10-8-6-2/h1,22-27H,6-21H2,2-4H3,(H,30,31)/t24-,25+,26+,27+/m1/s1. The highest BCUT2D eigenvalue weighted by atomic mass is 16.6. The van der Waals surface area contributed by atoms with Gasteiger partial charge in [-0.1, -0.05) is 78.6 Å². The maximum absolute atomic E-state index is 12.9. The van der Waals surface area contributed by atoms with Gasteiger partial charge in [0.05, 0.1) is 5.92 Å². The zero-order chi connectivity index (χ0) is 25.9. The van der Waals surface area contributed by atoms with Crippen LogP contribution in [0.3, 0.4) is 0 Å². The van der Waals surface area contributed by atoms with Crippen LogP contribution in [0, 0.1) is 24.2 Å². The van der Waals surface area contributed by atoms with E-state index in [1.807, 2.05) is 13.8 Å². The highest BCUT2D eigenvalue weighted by molar-refractivity contribution is 5.79. The fourth-order valence-electron chi connectivity index (χ4n) is 4.70. The number of hydrogen-bond donors (Lipinski definition) is 1. The Bertz CT molecular complexity index is 641. The molecule has 0 aromatic carbocycles. The van der Waals surface area contributed by atoms with Gasteiger partial charge in [-0.3, -0.25) is 9.59 Å². The summed E-state index contributed by atoms with van der Waals surface area (Å²) in [6, 6.07) is -0.646. The molecule has 0 saturated carbocycles. The number of carbonyl (C=O) groups is 3. The Morgan fingerprint density at radius 1 is 1.09 bits per heavy atom. The highest BCUT2D eigenvalue weighted by Gasteiger charge is 2.43. The zero-order valence-corrected chi connectivity index (χ0v) is 22.4. The zero-order valence-electron chi connectivity index (χ0n) is 22.4. The molecule has 1 amide bonds. The molecule has 0 unspecified atom stereocenters. The Morgan fingerprint density at radius 2 is 1.74 bits per heavy atom. The van der Waals surface area contributed by atoms with E-state index in [4.69, 9.17) is 15.9 Å². The smallest absolute Gasteiger partial charge is 0.328 e. The van der Waals surface area contributed by atoms with Gasteiger partial charge in [0.2, 0.25) is 6.41 Å². The van der Waals surface area contributed by atoms with Crippen molar-refractivity contribution in [1.82, 2.24) is 5.32 Å². The number of ether oxygens (including phenoxy) is 2. The van der Waals surface area contributed by atoms with Crippen LogP contribution in [0.5, 0.6) is 0 Å². The molecule has 1 aliphatic rings. The molecule has 1 fully saturated rings. The van der Waals surface area contributed by atoms with E-state index in [0.29, 0.717) is 19.3 Å². The number of unbranched alkanes of at least 4 members (excludes halogenated alkanes) is 10. The highest BCUT2D eigenvalue weighted by Crippen LogP contribution is 2.32. The first-order chi connectivity index (χ1) is 16.9. The lowest BCUT2D eigenvalue weighted by molar-refractivity contribution is -0.190. The monoisotopic (exact) mass is 491 g/mol. The van der Waals surface area contributed by atoms with Crippen LogP contribution in [0.1, 0.15) is 124 Å². The van der Waals surface area contributed by atoms with Crippen LogP contribution in [0.25, 0.3) is 0 Å². The van der Waals surface area contributed by atoms with Gasteiger partial charge in [-0.2, -0.15) is 0 Å². The van der Waals surface area contributed by atoms with Crippen LogP contribution >= 0.6 is 0 Å². The van der Waals surface area contributed by atoms with E-state index in [1.54, 1.807) is 0 Å². The Balaban J connectivity index is 2.59. The number of cyclic esters (lactones) is 1. The quantitative estimate of drug-likeness (QED) is 0.0856. The molecule has 6 nitrogen and oxygen atoms in total. The van der Waals surface area contributed by atoms with Gasteiger partial charge < -0.3 is 14.8 Å². The van der Waals surface area contributed by atoms with E-state index in [0.717, 1.165) is 64.2 Å². The molecular weight excluding hydrogens is 442 g/mol. The summed E-state index contributed by atoms with van der Waals surface area (Å²) in [5.41, 5.74) is 0. The molecule has 0 aromatic rings. The summed E-state index contributed by atoms with van der Waals surface area (Å²) >= 11 is 0. The SMILES string of the molecule is C#CCCCCCCCCC[C@H](C[C@@H]1OC(=O)[C@H]1CCCCCC)OC(=O)[C@H](CC(C)C)NC=O. The molecule has 0 bridgehead atoms. The summed E-state index contributed by atoms with van der Waals surface area (Å²) in [6.45, 7) is 6.19. The van der Waals surface area contributed by atoms with Gasteiger partial charge in [0.25, 0.3) is 0 Å². The minimum absolute atomic E-state index is 0.0874.